The normalized spacial score (nSPS) is 19.3. The summed E-state index contributed by atoms with van der Waals surface area (Å²) in [5.41, 5.74) is 3.75. The van der Waals surface area contributed by atoms with Gasteiger partial charge in [-0.1, -0.05) is 17.7 Å². The van der Waals surface area contributed by atoms with E-state index in [-0.39, 0.29) is 17.7 Å². The average molecular weight is 528 g/mol. The van der Waals surface area contributed by atoms with Crippen LogP contribution in [-0.4, -0.2) is 53.7 Å². The lowest BCUT2D eigenvalue weighted by molar-refractivity contribution is -0.191. The summed E-state index contributed by atoms with van der Waals surface area (Å²) in [6.07, 6.45) is -0.493. The molecule has 1 aliphatic carbocycles. The van der Waals surface area contributed by atoms with Crippen LogP contribution in [-0.2, 0) is 29.0 Å². The van der Waals surface area contributed by atoms with Gasteiger partial charge in [-0.15, -0.1) is 0 Å². The molecule has 0 spiro atoms. The number of halogens is 4. The first-order chi connectivity index (χ1) is 16.7. The van der Waals surface area contributed by atoms with Gasteiger partial charge in [0.2, 0.25) is 5.91 Å². The summed E-state index contributed by atoms with van der Waals surface area (Å²) in [6, 6.07) is 4.82. The van der Waals surface area contributed by atoms with Crippen LogP contribution in [0.15, 0.2) is 30.5 Å². The number of nitrogens with one attached hydrogen (secondary N) is 1. The molecule has 35 heavy (non-hydrogen) atoms. The number of anilines is 1. The second kappa shape index (κ2) is 11.0. The van der Waals surface area contributed by atoms with Crippen molar-refractivity contribution in [3.63, 3.8) is 0 Å². The highest BCUT2D eigenvalue weighted by molar-refractivity contribution is 7.99. The summed E-state index contributed by atoms with van der Waals surface area (Å²) in [5.74, 6) is 0.756. The molecule has 2 aromatic rings. The molecule has 2 heterocycles. The van der Waals surface area contributed by atoms with Gasteiger partial charge >= 0.3 is 6.18 Å². The van der Waals surface area contributed by atoms with Gasteiger partial charge in [-0.2, -0.15) is 24.9 Å². The van der Waals surface area contributed by atoms with Crippen LogP contribution in [0.3, 0.4) is 0 Å². The fourth-order valence-electron chi connectivity index (χ4n) is 4.98. The van der Waals surface area contributed by atoms with Crippen LogP contribution in [0.4, 0.5) is 18.9 Å². The molecule has 0 saturated carbocycles. The third kappa shape index (κ3) is 5.89. The van der Waals surface area contributed by atoms with Crippen molar-refractivity contribution in [1.29, 1.82) is 0 Å². The smallest absolute Gasteiger partial charge is 0.380 e. The van der Waals surface area contributed by atoms with Gasteiger partial charge in [0, 0.05) is 31.1 Å². The van der Waals surface area contributed by atoms with Gasteiger partial charge in [-0.3, -0.25) is 9.78 Å². The zero-order chi connectivity index (χ0) is 25.2. The van der Waals surface area contributed by atoms with Crippen LogP contribution in [0.25, 0.3) is 0 Å². The van der Waals surface area contributed by atoms with E-state index < -0.39 is 18.1 Å². The predicted molar refractivity (Wildman–Crippen MR) is 133 cm³/mol. The molecule has 5 nitrogen and oxygen atoms in total. The summed E-state index contributed by atoms with van der Waals surface area (Å²) in [5, 5.41) is 4.04. The SMILES string of the molecule is COCc1c(Cl)ccc2c1CC(Nc1ccc([C@H](N(C)C(=O)C3CCSCC3)C(F)(F)F)nc1)C2. The Morgan fingerprint density at radius 1 is 1.26 bits per heavy atom. The second-order valence-corrected chi connectivity index (χ2v) is 10.7. The number of carbonyl (C=O) groups excluding carboxylic acids is 1. The second-order valence-electron chi connectivity index (χ2n) is 9.10. The lowest BCUT2D eigenvalue weighted by Crippen LogP contribution is -2.43. The Hall–Kier alpha value is -1.97. The first-order valence-corrected chi connectivity index (χ1v) is 13.1. The molecule has 2 atom stereocenters. The molecule has 10 heteroatoms. The first kappa shape index (κ1) is 26.1. The predicted octanol–water partition coefficient (Wildman–Crippen LogP) is 5.67. The summed E-state index contributed by atoms with van der Waals surface area (Å²) in [4.78, 5) is 17.8. The number of thioether (sulfide) groups is 1. The van der Waals surface area contributed by atoms with E-state index in [0.29, 0.717) is 30.2 Å². The van der Waals surface area contributed by atoms with E-state index in [4.69, 9.17) is 16.3 Å². The van der Waals surface area contributed by atoms with Gasteiger partial charge < -0.3 is 15.0 Å². The maximum absolute atomic E-state index is 14.0. The molecule has 4 rings (SSSR count). The Morgan fingerprint density at radius 2 is 2.00 bits per heavy atom. The molecule has 2 aliphatic rings. The van der Waals surface area contributed by atoms with Crippen molar-refractivity contribution in [3.05, 3.63) is 57.9 Å². The van der Waals surface area contributed by atoms with Crippen molar-refractivity contribution in [3.8, 4) is 0 Å². The first-order valence-electron chi connectivity index (χ1n) is 11.6. The van der Waals surface area contributed by atoms with E-state index in [2.05, 4.69) is 10.3 Å². The Balaban J connectivity index is 1.47. The number of methoxy groups -OCH3 is 1. The number of rotatable bonds is 7. The van der Waals surface area contributed by atoms with Gasteiger partial charge in [0.25, 0.3) is 0 Å². The van der Waals surface area contributed by atoms with E-state index in [1.807, 2.05) is 12.1 Å². The molecule has 1 unspecified atom stereocenters. The number of hydrogen-bond acceptors (Lipinski definition) is 5. The Labute approximate surface area is 212 Å². The van der Waals surface area contributed by atoms with Crippen molar-refractivity contribution in [2.75, 3.05) is 31.0 Å². The molecule has 1 aliphatic heterocycles. The van der Waals surface area contributed by atoms with Gasteiger partial charge in [-0.25, -0.2) is 0 Å². The molecule has 1 fully saturated rings. The third-order valence-electron chi connectivity index (χ3n) is 6.73. The Kier molecular flexibility index (Phi) is 8.18. The number of fused-ring (bicyclic) bond motifs is 1. The van der Waals surface area contributed by atoms with Crippen molar-refractivity contribution in [2.45, 2.75) is 50.6 Å². The lowest BCUT2D eigenvalue weighted by Gasteiger charge is -2.33. The molecule has 190 valence electrons. The van der Waals surface area contributed by atoms with E-state index in [1.54, 1.807) is 24.9 Å². The van der Waals surface area contributed by atoms with Crippen molar-refractivity contribution < 1.29 is 22.7 Å². The monoisotopic (exact) mass is 527 g/mol. The summed E-state index contributed by atoms with van der Waals surface area (Å²) < 4.78 is 47.4. The van der Waals surface area contributed by atoms with Crippen LogP contribution >= 0.6 is 23.4 Å². The number of nitrogens with zero attached hydrogens (tertiary/aromatic N) is 2. The number of hydrogen-bond donors (Lipinski definition) is 1. The minimum absolute atomic E-state index is 0.0681. The van der Waals surface area contributed by atoms with Crippen LogP contribution in [0.1, 0.15) is 41.3 Å². The number of ether oxygens (including phenoxy) is 1. The molecule has 1 aromatic heterocycles. The maximum atomic E-state index is 14.0. The van der Waals surface area contributed by atoms with Crippen molar-refractivity contribution >= 4 is 35.0 Å². The van der Waals surface area contributed by atoms with Gasteiger partial charge in [-0.05, 0) is 72.1 Å². The maximum Gasteiger partial charge on any atom is 0.414 e. The third-order valence-corrected chi connectivity index (χ3v) is 8.13. The molecular formula is C25H29ClF3N3O2S. The largest absolute Gasteiger partial charge is 0.414 e. The highest BCUT2D eigenvalue weighted by Gasteiger charge is 2.47. The zero-order valence-electron chi connectivity index (χ0n) is 19.7. The molecule has 1 aromatic carbocycles. The summed E-state index contributed by atoms with van der Waals surface area (Å²) >= 11 is 8.07. The average Bonchev–Trinajstić information content (AvgIpc) is 3.24. The number of alkyl halides is 3. The van der Waals surface area contributed by atoms with E-state index in [0.717, 1.165) is 40.4 Å². The van der Waals surface area contributed by atoms with Gasteiger partial charge in [0.15, 0.2) is 6.04 Å². The fourth-order valence-corrected chi connectivity index (χ4v) is 6.32. The minimum Gasteiger partial charge on any atom is -0.380 e. The highest BCUT2D eigenvalue weighted by Crippen LogP contribution is 2.38. The molecule has 0 bridgehead atoms. The fraction of sp³-hybridized carbons (Fsp3) is 0.520. The number of benzene rings is 1. The molecule has 0 radical (unpaired) electrons. The number of aromatic nitrogens is 1. The molecule has 1 amide bonds. The quantitative estimate of drug-likeness (QED) is 0.503. The molecular weight excluding hydrogens is 499 g/mol. The number of amides is 1. The van der Waals surface area contributed by atoms with Crippen LogP contribution in [0.5, 0.6) is 0 Å². The summed E-state index contributed by atoms with van der Waals surface area (Å²) in [7, 11) is 2.86. The molecule has 1 N–H and O–H groups in total. The van der Waals surface area contributed by atoms with Crippen LogP contribution in [0.2, 0.25) is 5.02 Å². The van der Waals surface area contributed by atoms with Gasteiger partial charge in [0.1, 0.15) is 0 Å². The lowest BCUT2D eigenvalue weighted by atomic mass is 9.99. The molecule has 1 saturated heterocycles. The highest BCUT2D eigenvalue weighted by atomic mass is 35.5. The zero-order valence-corrected chi connectivity index (χ0v) is 21.3. The number of pyridine rings is 1. The van der Waals surface area contributed by atoms with E-state index in [9.17, 15) is 18.0 Å². The van der Waals surface area contributed by atoms with Crippen molar-refractivity contribution in [1.82, 2.24) is 9.88 Å². The Morgan fingerprint density at radius 3 is 2.63 bits per heavy atom. The Bertz CT molecular complexity index is 1050. The standard InChI is InChI=1S/C25H29ClF3N3O2S/c1-32(24(33)15-7-9-35-10-8-15)23(25(27,28)29)22-6-4-17(13-30-22)31-18-11-16-3-5-21(26)20(14-34-2)19(16)12-18/h3-6,13,15,18,23,31H,7-12,14H2,1-2H3/t18?,23-/m0/s1. The van der Waals surface area contributed by atoms with E-state index in [1.165, 1.54) is 24.9 Å². The topological polar surface area (TPSA) is 54.5 Å². The number of carbonyl (C=O) groups is 1. The minimum atomic E-state index is -4.63. The van der Waals surface area contributed by atoms with Gasteiger partial charge in [0.05, 0.1) is 24.2 Å². The summed E-state index contributed by atoms with van der Waals surface area (Å²) in [6.45, 7) is 0.426. The van der Waals surface area contributed by atoms with Crippen molar-refractivity contribution in [2.24, 2.45) is 5.92 Å². The van der Waals surface area contributed by atoms with Crippen LogP contribution in [0, 0.1) is 5.92 Å². The van der Waals surface area contributed by atoms with Crippen LogP contribution < -0.4 is 5.32 Å². The van der Waals surface area contributed by atoms with E-state index >= 15 is 0 Å².